The van der Waals surface area contributed by atoms with Crippen molar-refractivity contribution in [2.45, 2.75) is 12.5 Å². The van der Waals surface area contributed by atoms with E-state index in [1.807, 2.05) is 6.07 Å². The summed E-state index contributed by atoms with van der Waals surface area (Å²) in [7, 11) is 0. The molecular formula is C11H16BrNO2S. The van der Waals surface area contributed by atoms with Gasteiger partial charge in [0, 0.05) is 23.9 Å². The highest BCUT2D eigenvalue weighted by atomic mass is 79.9. The number of halogens is 1. The van der Waals surface area contributed by atoms with E-state index in [4.69, 9.17) is 15.2 Å². The van der Waals surface area contributed by atoms with E-state index in [9.17, 15) is 0 Å². The van der Waals surface area contributed by atoms with Gasteiger partial charge < -0.3 is 15.2 Å². The van der Waals surface area contributed by atoms with Crippen LogP contribution in [0.1, 0.15) is 17.4 Å². The zero-order valence-electron chi connectivity index (χ0n) is 9.02. The van der Waals surface area contributed by atoms with Crippen LogP contribution in [-0.4, -0.2) is 26.4 Å². The predicted molar refractivity (Wildman–Crippen MR) is 68.7 cm³/mol. The minimum Gasteiger partial charge on any atom is -0.381 e. The topological polar surface area (TPSA) is 44.5 Å². The van der Waals surface area contributed by atoms with Crippen LogP contribution in [0.15, 0.2) is 15.9 Å². The summed E-state index contributed by atoms with van der Waals surface area (Å²) in [6, 6.07) is 4.10. The van der Waals surface area contributed by atoms with Crippen molar-refractivity contribution in [1.82, 2.24) is 0 Å². The molecule has 0 radical (unpaired) electrons. The van der Waals surface area contributed by atoms with Gasteiger partial charge in [-0.05, 0) is 34.5 Å². The number of nitrogens with two attached hydrogens (primary N) is 1. The quantitative estimate of drug-likeness (QED) is 0.909. The first-order chi connectivity index (χ1) is 7.79. The molecule has 90 valence electrons. The van der Waals surface area contributed by atoms with Crippen molar-refractivity contribution >= 4 is 27.3 Å². The predicted octanol–water partition coefficient (Wildman–Crippen LogP) is 2.56. The Bertz CT molecular complexity index is 326. The third-order valence-corrected chi connectivity index (χ3v) is 4.40. The number of rotatable bonds is 5. The van der Waals surface area contributed by atoms with E-state index in [0.29, 0.717) is 12.5 Å². The molecule has 0 saturated carbocycles. The fourth-order valence-corrected chi connectivity index (χ4v) is 3.22. The molecule has 1 aliphatic heterocycles. The lowest BCUT2D eigenvalue weighted by atomic mass is 10.1. The molecule has 1 fully saturated rings. The molecule has 3 nitrogen and oxygen atoms in total. The van der Waals surface area contributed by atoms with Crippen molar-refractivity contribution in [1.29, 1.82) is 0 Å². The maximum atomic E-state index is 5.86. The highest BCUT2D eigenvalue weighted by Crippen LogP contribution is 2.29. The monoisotopic (exact) mass is 305 g/mol. The maximum absolute atomic E-state index is 5.86. The Morgan fingerprint density at radius 2 is 2.50 bits per heavy atom. The van der Waals surface area contributed by atoms with Gasteiger partial charge in [-0.2, -0.15) is 0 Å². The second kappa shape index (κ2) is 6.12. The molecule has 0 aliphatic carbocycles. The summed E-state index contributed by atoms with van der Waals surface area (Å²) < 4.78 is 12.3. The number of ether oxygens (including phenoxy) is 2. The lowest BCUT2D eigenvalue weighted by molar-refractivity contribution is 0.0321. The van der Waals surface area contributed by atoms with E-state index >= 15 is 0 Å². The van der Waals surface area contributed by atoms with Crippen molar-refractivity contribution in [3.05, 3.63) is 20.8 Å². The lowest BCUT2D eigenvalue weighted by Crippen LogP contribution is -2.19. The van der Waals surface area contributed by atoms with E-state index in [2.05, 4.69) is 22.0 Å². The van der Waals surface area contributed by atoms with Crippen LogP contribution in [0.4, 0.5) is 0 Å². The van der Waals surface area contributed by atoms with Gasteiger partial charge in [-0.15, -0.1) is 11.3 Å². The maximum Gasteiger partial charge on any atom is 0.104 e. The van der Waals surface area contributed by atoms with Gasteiger partial charge in [0.05, 0.1) is 17.0 Å². The Labute approximate surface area is 108 Å². The molecule has 2 rings (SSSR count). The van der Waals surface area contributed by atoms with Crippen molar-refractivity contribution in [3.8, 4) is 0 Å². The minimum atomic E-state index is 0.0249. The zero-order chi connectivity index (χ0) is 11.4. The molecule has 2 heterocycles. The minimum absolute atomic E-state index is 0.0249. The summed E-state index contributed by atoms with van der Waals surface area (Å²) in [4.78, 5) is 1.19. The van der Waals surface area contributed by atoms with Gasteiger partial charge in [-0.3, -0.25) is 0 Å². The first kappa shape index (κ1) is 12.5. The molecule has 1 aromatic rings. The molecule has 1 aromatic heterocycles. The van der Waals surface area contributed by atoms with E-state index in [1.165, 1.54) is 4.88 Å². The molecule has 0 amide bonds. The van der Waals surface area contributed by atoms with Gasteiger partial charge in [-0.25, -0.2) is 0 Å². The number of thiophene rings is 1. The second-order valence-electron chi connectivity index (χ2n) is 3.93. The summed E-state index contributed by atoms with van der Waals surface area (Å²) in [5.41, 5.74) is 5.73. The van der Waals surface area contributed by atoms with Crippen LogP contribution in [0.25, 0.3) is 0 Å². The molecule has 5 heteroatoms. The second-order valence-corrected chi connectivity index (χ2v) is 6.42. The number of hydrogen-bond donors (Lipinski definition) is 1. The molecule has 1 saturated heterocycles. The smallest absolute Gasteiger partial charge is 0.104 e. The highest BCUT2D eigenvalue weighted by Gasteiger charge is 2.19. The fourth-order valence-electron chi connectivity index (χ4n) is 1.73. The SMILES string of the molecule is NCC(OCC1CCOC1)c1ccc(Br)s1. The Hall–Kier alpha value is 0.0600. The Morgan fingerprint density at radius 3 is 3.06 bits per heavy atom. The first-order valence-electron chi connectivity index (χ1n) is 5.44. The molecule has 0 spiro atoms. The summed E-state index contributed by atoms with van der Waals surface area (Å²) in [6.07, 6.45) is 1.13. The van der Waals surface area contributed by atoms with E-state index in [0.717, 1.165) is 30.0 Å². The average Bonchev–Trinajstić information content (AvgIpc) is 2.91. The third-order valence-electron chi connectivity index (χ3n) is 2.68. The summed E-state index contributed by atoms with van der Waals surface area (Å²) in [6.45, 7) is 2.97. The summed E-state index contributed by atoms with van der Waals surface area (Å²) in [5, 5.41) is 0. The van der Waals surface area contributed by atoms with Crippen LogP contribution in [0, 0.1) is 5.92 Å². The Balaban J connectivity index is 1.85. The van der Waals surface area contributed by atoms with Gasteiger partial charge in [0.2, 0.25) is 0 Å². The van der Waals surface area contributed by atoms with E-state index in [1.54, 1.807) is 11.3 Å². The van der Waals surface area contributed by atoms with Crippen LogP contribution in [0.5, 0.6) is 0 Å². The summed E-state index contributed by atoms with van der Waals surface area (Å²) >= 11 is 5.13. The van der Waals surface area contributed by atoms with Gasteiger partial charge in [0.25, 0.3) is 0 Å². The van der Waals surface area contributed by atoms with Crippen molar-refractivity contribution in [2.75, 3.05) is 26.4 Å². The molecule has 2 N–H and O–H groups in total. The van der Waals surface area contributed by atoms with Gasteiger partial charge in [-0.1, -0.05) is 0 Å². The van der Waals surface area contributed by atoms with Crippen molar-refractivity contribution in [3.63, 3.8) is 0 Å². The zero-order valence-corrected chi connectivity index (χ0v) is 11.4. The highest BCUT2D eigenvalue weighted by molar-refractivity contribution is 9.11. The third kappa shape index (κ3) is 3.28. The van der Waals surface area contributed by atoms with Gasteiger partial charge in [0.15, 0.2) is 0 Å². The standard InChI is InChI=1S/C11H16BrNO2S/c12-11-2-1-10(16-11)9(5-13)15-7-8-3-4-14-6-8/h1-2,8-9H,3-7,13H2. The Morgan fingerprint density at radius 1 is 1.62 bits per heavy atom. The van der Waals surface area contributed by atoms with Crippen LogP contribution in [0.2, 0.25) is 0 Å². The molecular weight excluding hydrogens is 290 g/mol. The van der Waals surface area contributed by atoms with Crippen LogP contribution in [-0.2, 0) is 9.47 Å². The van der Waals surface area contributed by atoms with Crippen LogP contribution >= 0.6 is 27.3 Å². The average molecular weight is 306 g/mol. The summed E-state index contributed by atoms with van der Waals surface area (Å²) in [5.74, 6) is 0.539. The molecule has 2 atom stereocenters. The normalized spacial score (nSPS) is 22.5. The fraction of sp³-hybridized carbons (Fsp3) is 0.636. The molecule has 2 unspecified atom stereocenters. The largest absolute Gasteiger partial charge is 0.381 e. The van der Waals surface area contributed by atoms with E-state index in [-0.39, 0.29) is 6.10 Å². The van der Waals surface area contributed by atoms with Gasteiger partial charge in [0.1, 0.15) is 6.10 Å². The van der Waals surface area contributed by atoms with Crippen molar-refractivity contribution < 1.29 is 9.47 Å². The van der Waals surface area contributed by atoms with Crippen molar-refractivity contribution in [2.24, 2.45) is 11.7 Å². The van der Waals surface area contributed by atoms with Crippen LogP contribution in [0.3, 0.4) is 0 Å². The molecule has 1 aliphatic rings. The van der Waals surface area contributed by atoms with E-state index < -0.39 is 0 Å². The van der Waals surface area contributed by atoms with Gasteiger partial charge >= 0.3 is 0 Å². The molecule has 0 aromatic carbocycles. The lowest BCUT2D eigenvalue weighted by Gasteiger charge is -2.16. The molecule has 0 bridgehead atoms. The van der Waals surface area contributed by atoms with Crippen LogP contribution < -0.4 is 5.73 Å². The Kier molecular flexibility index (Phi) is 4.79. The number of hydrogen-bond acceptors (Lipinski definition) is 4. The molecule has 16 heavy (non-hydrogen) atoms. The first-order valence-corrected chi connectivity index (χ1v) is 7.05.